The Kier molecular flexibility index (Phi) is 3.82. The summed E-state index contributed by atoms with van der Waals surface area (Å²) in [5.74, 6) is -0.501. The van der Waals surface area contributed by atoms with Gasteiger partial charge in [0.25, 0.3) is 0 Å². The summed E-state index contributed by atoms with van der Waals surface area (Å²) in [6, 6.07) is 10.8. The van der Waals surface area contributed by atoms with Crippen LogP contribution in [-0.2, 0) is 6.18 Å². The molecule has 0 aliphatic carbocycles. The lowest BCUT2D eigenvalue weighted by atomic mass is 9.99. The predicted molar refractivity (Wildman–Crippen MR) is 77.9 cm³/mol. The van der Waals surface area contributed by atoms with Gasteiger partial charge in [-0.2, -0.15) is 13.2 Å². The Balaban J connectivity index is 2.18. The Hall–Kier alpha value is -2.76. The number of benzene rings is 2. The highest BCUT2D eigenvalue weighted by molar-refractivity contribution is 5.80. The topological polar surface area (TPSA) is 25.8 Å². The van der Waals surface area contributed by atoms with Crippen molar-refractivity contribution in [1.82, 2.24) is 9.97 Å². The first-order chi connectivity index (χ1) is 11.0. The number of alkyl halides is 3. The molecule has 6 heteroatoms. The molecule has 0 unspecified atom stereocenters. The fourth-order valence-corrected chi connectivity index (χ4v) is 2.27. The summed E-state index contributed by atoms with van der Waals surface area (Å²) in [4.78, 5) is 7.90. The van der Waals surface area contributed by atoms with Gasteiger partial charge in [0.15, 0.2) is 0 Å². The van der Waals surface area contributed by atoms with E-state index in [9.17, 15) is 17.6 Å². The van der Waals surface area contributed by atoms with Crippen molar-refractivity contribution in [3.63, 3.8) is 0 Å². The third-order valence-electron chi connectivity index (χ3n) is 3.34. The molecule has 0 atom stereocenters. The maximum Gasteiger partial charge on any atom is 0.416 e. The smallest absolute Gasteiger partial charge is 0.244 e. The summed E-state index contributed by atoms with van der Waals surface area (Å²) in [6.45, 7) is 0. The zero-order chi connectivity index (χ0) is 16.4. The molecule has 0 amide bonds. The van der Waals surface area contributed by atoms with Gasteiger partial charge in [0.1, 0.15) is 12.1 Å². The van der Waals surface area contributed by atoms with Crippen molar-refractivity contribution in [3.05, 3.63) is 72.4 Å². The van der Waals surface area contributed by atoms with Gasteiger partial charge in [-0.3, -0.25) is 0 Å². The summed E-state index contributed by atoms with van der Waals surface area (Å²) in [6.07, 6.45) is -1.84. The van der Waals surface area contributed by atoms with E-state index in [2.05, 4.69) is 9.97 Å². The van der Waals surface area contributed by atoms with E-state index in [0.29, 0.717) is 5.56 Å². The molecule has 2 aromatic carbocycles. The van der Waals surface area contributed by atoms with Crippen LogP contribution in [0.4, 0.5) is 17.6 Å². The van der Waals surface area contributed by atoms with Gasteiger partial charge in [0.2, 0.25) is 0 Å². The molecule has 0 radical (unpaired) electrons. The highest BCUT2D eigenvalue weighted by Gasteiger charge is 2.30. The molecule has 1 heterocycles. The van der Waals surface area contributed by atoms with Crippen LogP contribution in [-0.4, -0.2) is 9.97 Å². The minimum atomic E-state index is -4.45. The number of nitrogens with zero attached hydrogens (tertiary/aromatic N) is 2. The minimum absolute atomic E-state index is 0.210. The van der Waals surface area contributed by atoms with E-state index in [-0.39, 0.29) is 16.8 Å². The van der Waals surface area contributed by atoms with Crippen LogP contribution in [0.2, 0.25) is 0 Å². The summed E-state index contributed by atoms with van der Waals surface area (Å²) in [5.41, 5.74) is 0.292. The Morgan fingerprint density at radius 2 is 1.65 bits per heavy atom. The number of hydrogen-bond donors (Lipinski definition) is 0. The molecule has 0 spiro atoms. The number of hydrogen-bond acceptors (Lipinski definition) is 2. The van der Waals surface area contributed by atoms with Crippen molar-refractivity contribution in [2.75, 3.05) is 0 Å². The molecule has 2 nitrogen and oxygen atoms in total. The standard InChI is InChI=1S/C17H10F4N2/c18-15-7-2-1-6-13(15)16-14(9-22-10-23-16)11-4-3-5-12(8-11)17(19,20)21/h1-10H. The number of rotatable bonds is 2. The second-order valence-electron chi connectivity index (χ2n) is 4.84. The van der Waals surface area contributed by atoms with Gasteiger partial charge in [-0.05, 0) is 29.8 Å². The van der Waals surface area contributed by atoms with E-state index in [1.54, 1.807) is 6.07 Å². The van der Waals surface area contributed by atoms with Crippen LogP contribution >= 0.6 is 0 Å². The van der Waals surface area contributed by atoms with E-state index >= 15 is 0 Å². The third kappa shape index (κ3) is 3.06. The van der Waals surface area contributed by atoms with E-state index in [1.807, 2.05) is 0 Å². The average Bonchev–Trinajstić information content (AvgIpc) is 2.55. The minimum Gasteiger partial charge on any atom is -0.244 e. The van der Waals surface area contributed by atoms with Crippen molar-refractivity contribution in [1.29, 1.82) is 0 Å². The first-order valence-corrected chi connectivity index (χ1v) is 6.69. The molecule has 0 N–H and O–H groups in total. The van der Waals surface area contributed by atoms with Crippen LogP contribution in [0.1, 0.15) is 5.56 Å². The molecular weight excluding hydrogens is 308 g/mol. The molecule has 3 rings (SSSR count). The van der Waals surface area contributed by atoms with Gasteiger partial charge in [-0.1, -0.05) is 24.3 Å². The Labute approximate surface area is 129 Å². The molecule has 0 saturated heterocycles. The van der Waals surface area contributed by atoms with E-state index in [0.717, 1.165) is 12.1 Å². The monoisotopic (exact) mass is 318 g/mol. The maximum atomic E-state index is 14.0. The fourth-order valence-electron chi connectivity index (χ4n) is 2.27. The third-order valence-corrected chi connectivity index (χ3v) is 3.34. The predicted octanol–water partition coefficient (Wildman–Crippen LogP) is 4.97. The zero-order valence-electron chi connectivity index (χ0n) is 11.7. The average molecular weight is 318 g/mol. The van der Waals surface area contributed by atoms with Gasteiger partial charge < -0.3 is 0 Å². The Bertz CT molecular complexity index is 844. The Morgan fingerprint density at radius 1 is 0.870 bits per heavy atom. The molecule has 0 aliphatic rings. The number of aromatic nitrogens is 2. The fraction of sp³-hybridized carbons (Fsp3) is 0.0588. The molecular formula is C17H10F4N2. The van der Waals surface area contributed by atoms with Crippen LogP contribution in [0, 0.1) is 5.82 Å². The molecule has 3 aromatic rings. The number of halogens is 4. The second kappa shape index (κ2) is 5.79. The molecule has 0 bridgehead atoms. The lowest BCUT2D eigenvalue weighted by Crippen LogP contribution is -2.04. The van der Waals surface area contributed by atoms with E-state index < -0.39 is 17.6 Å². The summed E-state index contributed by atoms with van der Waals surface area (Å²) < 4.78 is 52.6. The van der Waals surface area contributed by atoms with Crippen molar-refractivity contribution < 1.29 is 17.6 Å². The van der Waals surface area contributed by atoms with Gasteiger partial charge in [-0.15, -0.1) is 0 Å². The van der Waals surface area contributed by atoms with Gasteiger partial charge in [0.05, 0.1) is 11.3 Å². The Morgan fingerprint density at radius 3 is 2.39 bits per heavy atom. The maximum absolute atomic E-state index is 14.0. The quantitative estimate of drug-likeness (QED) is 0.624. The lowest BCUT2D eigenvalue weighted by Gasteiger charge is -2.11. The largest absolute Gasteiger partial charge is 0.416 e. The van der Waals surface area contributed by atoms with Crippen molar-refractivity contribution in [2.24, 2.45) is 0 Å². The highest BCUT2D eigenvalue weighted by Crippen LogP contribution is 2.35. The van der Waals surface area contributed by atoms with Gasteiger partial charge >= 0.3 is 6.18 Å². The first kappa shape index (κ1) is 15.1. The van der Waals surface area contributed by atoms with Gasteiger partial charge in [-0.25, -0.2) is 14.4 Å². The van der Waals surface area contributed by atoms with E-state index in [4.69, 9.17) is 0 Å². The molecule has 0 fully saturated rings. The first-order valence-electron chi connectivity index (χ1n) is 6.69. The lowest BCUT2D eigenvalue weighted by molar-refractivity contribution is -0.137. The zero-order valence-corrected chi connectivity index (χ0v) is 11.7. The molecule has 23 heavy (non-hydrogen) atoms. The van der Waals surface area contributed by atoms with Crippen molar-refractivity contribution in [3.8, 4) is 22.4 Å². The van der Waals surface area contributed by atoms with Crippen LogP contribution in [0.3, 0.4) is 0 Å². The van der Waals surface area contributed by atoms with Crippen LogP contribution < -0.4 is 0 Å². The summed E-state index contributed by atoms with van der Waals surface area (Å²) >= 11 is 0. The normalized spacial score (nSPS) is 11.5. The van der Waals surface area contributed by atoms with Crippen LogP contribution in [0.15, 0.2) is 61.1 Å². The molecule has 116 valence electrons. The van der Waals surface area contributed by atoms with E-state index in [1.165, 1.54) is 42.9 Å². The second-order valence-corrected chi connectivity index (χ2v) is 4.84. The van der Waals surface area contributed by atoms with Crippen molar-refractivity contribution >= 4 is 0 Å². The van der Waals surface area contributed by atoms with Crippen LogP contribution in [0.5, 0.6) is 0 Å². The molecule has 0 aliphatic heterocycles. The van der Waals surface area contributed by atoms with Gasteiger partial charge in [0, 0.05) is 17.3 Å². The SMILES string of the molecule is Fc1ccccc1-c1ncncc1-c1cccc(C(F)(F)F)c1. The van der Waals surface area contributed by atoms with Crippen LogP contribution in [0.25, 0.3) is 22.4 Å². The van der Waals surface area contributed by atoms with Crippen molar-refractivity contribution in [2.45, 2.75) is 6.18 Å². The summed E-state index contributed by atoms with van der Waals surface area (Å²) in [7, 11) is 0. The molecule has 1 aromatic heterocycles. The summed E-state index contributed by atoms with van der Waals surface area (Å²) in [5, 5.41) is 0. The molecule has 0 saturated carbocycles. The highest BCUT2D eigenvalue weighted by atomic mass is 19.4.